The van der Waals surface area contributed by atoms with Gasteiger partial charge in [0.25, 0.3) is 0 Å². The number of hydrogen-bond donors (Lipinski definition) is 2. The van der Waals surface area contributed by atoms with E-state index in [4.69, 9.17) is 0 Å². The average molecular weight is 318 g/mol. The molecule has 0 fully saturated rings. The van der Waals surface area contributed by atoms with Crippen LogP contribution in [0.2, 0.25) is 0 Å². The molecule has 1 atom stereocenters. The molecule has 2 aromatic rings. The fourth-order valence-electron chi connectivity index (χ4n) is 2.23. The Balaban J connectivity index is 2.05. The number of amides is 1. The summed E-state index contributed by atoms with van der Waals surface area (Å²) in [7, 11) is 1.83. The van der Waals surface area contributed by atoms with Crippen molar-refractivity contribution in [3.05, 3.63) is 58.3 Å². The third kappa shape index (κ3) is 4.94. The molecule has 2 N–H and O–H groups in total. The average Bonchev–Trinajstić information content (AvgIpc) is 3.07. The minimum Gasteiger partial charge on any atom is -0.386 e. The number of benzene rings is 1. The molecule has 1 aromatic carbocycles. The van der Waals surface area contributed by atoms with E-state index in [2.05, 4.69) is 5.32 Å². The highest BCUT2D eigenvalue weighted by atomic mass is 32.1. The van der Waals surface area contributed by atoms with Crippen molar-refractivity contribution >= 4 is 17.2 Å². The topological polar surface area (TPSA) is 52.6 Å². The quantitative estimate of drug-likeness (QED) is 0.786. The Labute approximate surface area is 135 Å². The molecular weight excluding hydrogens is 296 g/mol. The number of aliphatic hydroxyl groups excluding tert-OH is 1. The van der Waals surface area contributed by atoms with Gasteiger partial charge in [0.15, 0.2) is 0 Å². The number of carbonyl (C=O) groups is 1. The number of aliphatic hydroxyl groups is 1. The van der Waals surface area contributed by atoms with E-state index in [-0.39, 0.29) is 5.91 Å². The van der Waals surface area contributed by atoms with E-state index in [9.17, 15) is 9.90 Å². The van der Waals surface area contributed by atoms with Crippen molar-refractivity contribution < 1.29 is 9.90 Å². The van der Waals surface area contributed by atoms with Crippen molar-refractivity contribution in [2.45, 2.75) is 19.1 Å². The predicted octanol–water partition coefficient (Wildman–Crippen LogP) is 2.42. The van der Waals surface area contributed by atoms with Gasteiger partial charge in [-0.05, 0) is 24.1 Å². The van der Waals surface area contributed by atoms with E-state index >= 15 is 0 Å². The fourth-order valence-corrected chi connectivity index (χ4v) is 2.93. The molecule has 0 bridgehead atoms. The van der Waals surface area contributed by atoms with Crippen molar-refractivity contribution in [1.82, 2.24) is 10.2 Å². The van der Waals surface area contributed by atoms with Crippen molar-refractivity contribution in [1.29, 1.82) is 0 Å². The summed E-state index contributed by atoms with van der Waals surface area (Å²) < 4.78 is 0. The van der Waals surface area contributed by atoms with E-state index in [1.54, 1.807) is 4.90 Å². The first-order chi connectivity index (χ1) is 10.7. The maximum absolute atomic E-state index is 12.4. The zero-order chi connectivity index (χ0) is 15.8. The third-order valence-electron chi connectivity index (χ3n) is 3.42. The summed E-state index contributed by atoms with van der Waals surface area (Å²) in [5, 5.41) is 15.3. The molecule has 118 valence electrons. The molecule has 1 aromatic heterocycles. The molecule has 22 heavy (non-hydrogen) atoms. The normalized spacial score (nSPS) is 12.1. The summed E-state index contributed by atoms with van der Waals surface area (Å²) in [5.41, 5.74) is 1.07. The molecule has 0 saturated carbocycles. The highest BCUT2D eigenvalue weighted by Crippen LogP contribution is 2.21. The lowest BCUT2D eigenvalue weighted by molar-refractivity contribution is -0.133. The second-order valence-electron chi connectivity index (χ2n) is 5.14. The number of carbonyl (C=O) groups excluding carboxylic acids is 1. The zero-order valence-electron chi connectivity index (χ0n) is 12.7. The van der Waals surface area contributed by atoms with Gasteiger partial charge in [-0.2, -0.15) is 0 Å². The van der Waals surface area contributed by atoms with Gasteiger partial charge in [0.2, 0.25) is 5.91 Å². The molecule has 1 amide bonds. The zero-order valence-corrected chi connectivity index (χ0v) is 13.6. The first kappa shape index (κ1) is 16.7. The van der Waals surface area contributed by atoms with Gasteiger partial charge < -0.3 is 15.3 Å². The van der Waals surface area contributed by atoms with Crippen molar-refractivity contribution in [3.63, 3.8) is 0 Å². The van der Waals surface area contributed by atoms with Crippen LogP contribution in [0.3, 0.4) is 0 Å². The van der Waals surface area contributed by atoms with Gasteiger partial charge in [-0.1, -0.05) is 36.4 Å². The van der Waals surface area contributed by atoms with Crippen LogP contribution in [0.4, 0.5) is 0 Å². The Kier molecular flexibility index (Phi) is 6.58. The van der Waals surface area contributed by atoms with E-state index in [1.807, 2.05) is 54.9 Å². The Bertz CT molecular complexity index is 557. The van der Waals surface area contributed by atoms with Crippen LogP contribution in [-0.4, -0.2) is 36.1 Å². The number of thiophene rings is 1. The van der Waals surface area contributed by atoms with Gasteiger partial charge in [-0.15, -0.1) is 11.3 Å². The lowest BCUT2D eigenvalue weighted by Gasteiger charge is -2.25. The first-order valence-electron chi connectivity index (χ1n) is 7.38. The molecule has 4 nitrogen and oxygen atoms in total. The SMILES string of the molecule is CNCCC(=O)N(Cc1ccccc1)CC(O)c1cccs1. The monoisotopic (exact) mass is 318 g/mol. The summed E-state index contributed by atoms with van der Waals surface area (Å²) in [5.74, 6) is 0.0498. The minimum absolute atomic E-state index is 0.0498. The number of nitrogens with zero attached hydrogens (tertiary/aromatic N) is 1. The number of rotatable bonds is 8. The number of nitrogens with one attached hydrogen (secondary N) is 1. The van der Waals surface area contributed by atoms with E-state index in [0.717, 1.165) is 10.4 Å². The van der Waals surface area contributed by atoms with Crippen LogP contribution >= 0.6 is 11.3 Å². The molecule has 0 aliphatic rings. The molecule has 0 aliphatic carbocycles. The van der Waals surface area contributed by atoms with Crippen LogP contribution in [0.25, 0.3) is 0 Å². The lowest BCUT2D eigenvalue weighted by Crippen LogP contribution is -2.35. The first-order valence-corrected chi connectivity index (χ1v) is 8.26. The van der Waals surface area contributed by atoms with Gasteiger partial charge in [0.1, 0.15) is 6.10 Å². The molecule has 2 rings (SSSR count). The van der Waals surface area contributed by atoms with Gasteiger partial charge in [0, 0.05) is 24.4 Å². The van der Waals surface area contributed by atoms with Gasteiger partial charge >= 0.3 is 0 Å². The Morgan fingerprint density at radius 1 is 1.27 bits per heavy atom. The molecule has 0 radical (unpaired) electrons. The largest absolute Gasteiger partial charge is 0.386 e. The highest BCUT2D eigenvalue weighted by molar-refractivity contribution is 7.10. The third-order valence-corrected chi connectivity index (χ3v) is 4.40. The fraction of sp³-hybridized carbons (Fsp3) is 0.353. The van der Waals surface area contributed by atoms with Crippen molar-refractivity contribution in [2.75, 3.05) is 20.1 Å². The molecule has 0 saturated heterocycles. The van der Waals surface area contributed by atoms with Crippen LogP contribution in [0.15, 0.2) is 47.8 Å². The van der Waals surface area contributed by atoms with Crippen LogP contribution in [0, 0.1) is 0 Å². The van der Waals surface area contributed by atoms with E-state index in [0.29, 0.717) is 26.1 Å². The van der Waals surface area contributed by atoms with E-state index in [1.165, 1.54) is 11.3 Å². The summed E-state index contributed by atoms with van der Waals surface area (Å²) in [6.07, 6.45) is -0.206. The second-order valence-corrected chi connectivity index (χ2v) is 6.12. The molecule has 1 unspecified atom stereocenters. The minimum atomic E-state index is -0.637. The van der Waals surface area contributed by atoms with Crippen LogP contribution < -0.4 is 5.32 Å². The summed E-state index contributed by atoms with van der Waals surface area (Å²) in [6.45, 7) is 1.48. The second kappa shape index (κ2) is 8.68. The maximum Gasteiger partial charge on any atom is 0.224 e. The molecule has 1 heterocycles. The van der Waals surface area contributed by atoms with Gasteiger partial charge in [-0.25, -0.2) is 0 Å². The van der Waals surface area contributed by atoms with Crippen LogP contribution in [0.1, 0.15) is 23.0 Å². The Morgan fingerprint density at radius 3 is 2.68 bits per heavy atom. The van der Waals surface area contributed by atoms with Crippen molar-refractivity contribution in [3.8, 4) is 0 Å². The molecule has 5 heteroatoms. The summed E-state index contributed by atoms with van der Waals surface area (Å²) in [4.78, 5) is 15.0. The Morgan fingerprint density at radius 2 is 2.05 bits per heavy atom. The van der Waals surface area contributed by atoms with Crippen molar-refractivity contribution in [2.24, 2.45) is 0 Å². The molecular formula is C17H22N2O2S. The summed E-state index contributed by atoms with van der Waals surface area (Å²) >= 11 is 1.51. The standard InChI is InChI=1S/C17H22N2O2S/c1-18-10-9-17(21)19(12-14-6-3-2-4-7-14)13-15(20)16-8-5-11-22-16/h2-8,11,15,18,20H,9-10,12-13H2,1H3. The lowest BCUT2D eigenvalue weighted by atomic mass is 10.2. The van der Waals surface area contributed by atoms with Gasteiger partial charge in [-0.3, -0.25) is 4.79 Å². The molecule has 0 aliphatic heterocycles. The maximum atomic E-state index is 12.4. The summed E-state index contributed by atoms with van der Waals surface area (Å²) in [6, 6.07) is 13.7. The predicted molar refractivity (Wildman–Crippen MR) is 89.7 cm³/mol. The Hall–Kier alpha value is -1.69. The number of hydrogen-bond acceptors (Lipinski definition) is 4. The van der Waals surface area contributed by atoms with Crippen LogP contribution in [0.5, 0.6) is 0 Å². The smallest absolute Gasteiger partial charge is 0.224 e. The van der Waals surface area contributed by atoms with E-state index < -0.39 is 6.10 Å². The van der Waals surface area contributed by atoms with Crippen LogP contribution in [-0.2, 0) is 11.3 Å². The molecule has 0 spiro atoms. The van der Waals surface area contributed by atoms with Gasteiger partial charge in [0.05, 0.1) is 6.54 Å². The highest BCUT2D eigenvalue weighted by Gasteiger charge is 2.19.